The van der Waals surface area contributed by atoms with Crippen molar-refractivity contribution in [2.24, 2.45) is 5.73 Å². The zero-order chi connectivity index (χ0) is 17.1. The monoisotopic (exact) mass is 320 g/mol. The fourth-order valence-corrected chi connectivity index (χ4v) is 3.06. The topological polar surface area (TPSA) is 75.3 Å². The van der Waals surface area contributed by atoms with Crippen LogP contribution < -0.4 is 11.2 Å². The lowest BCUT2D eigenvalue weighted by atomic mass is 9.91. The third-order valence-corrected chi connectivity index (χ3v) is 4.38. The average Bonchev–Trinajstić information content (AvgIpc) is 2.55. The smallest absolute Gasteiger partial charge is 0.248 e. The summed E-state index contributed by atoms with van der Waals surface area (Å²) in [4.78, 5) is 11.8. The fourth-order valence-electron chi connectivity index (χ4n) is 3.06. The van der Waals surface area contributed by atoms with Crippen molar-refractivity contribution in [3.63, 3.8) is 0 Å². The number of rotatable bonds is 12. The van der Waals surface area contributed by atoms with Crippen LogP contribution in [0.4, 0.5) is 5.69 Å². The van der Waals surface area contributed by atoms with Gasteiger partial charge < -0.3 is 5.73 Å². The molecule has 0 aromatic heterocycles. The molecule has 1 rings (SSSR count). The Labute approximate surface area is 140 Å². The molecule has 4 N–H and O–H groups in total. The van der Waals surface area contributed by atoms with Gasteiger partial charge in [0, 0.05) is 5.56 Å². The summed E-state index contributed by atoms with van der Waals surface area (Å²) in [7, 11) is 0. The maximum absolute atomic E-state index is 11.8. The number of hydrogen-bond acceptors (Lipinski definition) is 3. The molecule has 130 valence electrons. The molecule has 0 atom stereocenters. The fraction of sp³-hybridized carbons (Fsp3) is 0.632. The minimum absolute atomic E-state index is 0.380. The minimum Gasteiger partial charge on any atom is -0.366 e. The van der Waals surface area contributed by atoms with Crippen molar-refractivity contribution < 1.29 is 10.0 Å². The summed E-state index contributed by atoms with van der Waals surface area (Å²) in [5.41, 5.74) is 11.2. The van der Waals surface area contributed by atoms with E-state index in [1.165, 1.54) is 25.7 Å². The van der Waals surface area contributed by atoms with Crippen LogP contribution >= 0.6 is 0 Å². The number of benzene rings is 1. The normalized spacial score (nSPS) is 10.7. The number of unbranched alkanes of at least 4 members (excludes halogenated alkanes) is 6. The maximum Gasteiger partial charge on any atom is 0.248 e. The highest BCUT2D eigenvalue weighted by Crippen LogP contribution is 2.27. The van der Waals surface area contributed by atoms with E-state index in [2.05, 4.69) is 19.3 Å². The highest BCUT2D eigenvalue weighted by Gasteiger charge is 2.16. The van der Waals surface area contributed by atoms with Crippen molar-refractivity contribution in [2.75, 3.05) is 5.48 Å². The van der Waals surface area contributed by atoms with Gasteiger partial charge in [-0.25, -0.2) is 0 Å². The number of primary amides is 1. The molecule has 0 unspecified atom stereocenters. The zero-order valence-electron chi connectivity index (χ0n) is 14.7. The van der Waals surface area contributed by atoms with Gasteiger partial charge in [-0.05, 0) is 48.9 Å². The highest BCUT2D eigenvalue weighted by molar-refractivity contribution is 5.95. The summed E-state index contributed by atoms with van der Waals surface area (Å²) >= 11 is 0. The van der Waals surface area contributed by atoms with E-state index in [1.54, 1.807) is 12.1 Å². The third kappa shape index (κ3) is 6.22. The first-order chi connectivity index (χ1) is 11.2. The van der Waals surface area contributed by atoms with Crippen molar-refractivity contribution in [1.29, 1.82) is 0 Å². The predicted molar refractivity (Wildman–Crippen MR) is 96.1 cm³/mol. The van der Waals surface area contributed by atoms with Gasteiger partial charge in [0.25, 0.3) is 0 Å². The molecule has 4 heteroatoms. The molecule has 0 heterocycles. The van der Waals surface area contributed by atoms with E-state index in [9.17, 15) is 10.0 Å². The van der Waals surface area contributed by atoms with E-state index in [0.717, 1.165) is 49.7 Å². The summed E-state index contributed by atoms with van der Waals surface area (Å²) in [6.07, 6.45) is 10.9. The van der Waals surface area contributed by atoms with Crippen molar-refractivity contribution >= 4 is 11.6 Å². The van der Waals surface area contributed by atoms with E-state index in [0.29, 0.717) is 11.3 Å². The predicted octanol–water partition coefficient (Wildman–Crippen LogP) is 4.83. The maximum atomic E-state index is 11.8. The Hall–Kier alpha value is -1.55. The molecular weight excluding hydrogens is 288 g/mol. The van der Waals surface area contributed by atoms with Crippen molar-refractivity contribution in [2.45, 2.75) is 78.1 Å². The van der Waals surface area contributed by atoms with Crippen LogP contribution in [0.25, 0.3) is 0 Å². The molecule has 1 aromatic rings. The van der Waals surface area contributed by atoms with Crippen LogP contribution in [-0.4, -0.2) is 11.1 Å². The molecule has 0 fully saturated rings. The number of amides is 1. The summed E-state index contributed by atoms with van der Waals surface area (Å²) in [6.45, 7) is 4.37. The Morgan fingerprint density at radius 1 is 0.957 bits per heavy atom. The van der Waals surface area contributed by atoms with Crippen LogP contribution in [0, 0.1) is 0 Å². The van der Waals surface area contributed by atoms with Crippen LogP contribution in [0.1, 0.15) is 86.7 Å². The molecule has 0 aliphatic rings. The van der Waals surface area contributed by atoms with E-state index in [1.807, 2.05) is 0 Å². The van der Waals surface area contributed by atoms with E-state index < -0.39 is 0 Å². The van der Waals surface area contributed by atoms with Crippen LogP contribution in [0.2, 0.25) is 0 Å². The lowest BCUT2D eigenvalue weighted by molar-refractivity contribution is 0.0999. The Morgan fingerprint density at radius 3 is 2.00 bits per heavy atom. The summed E-state index contributed by atoms with van der Waals surface area (Å²) in [5, 5.41) is 9.42. The quantitative estimate of drug-likeness (QED) is 0.381. The molecule has 23 heavy (non-hydrogen) atoms. The second kappa shape index (κ2) is 11.1. The van der Waals surface area contributed by atoms with Gasteiger partial charge in [-0.1, -0.05) is 52.4 Å². The third-order valence-electron chi connectivity index (χ3n) is 4.38. The Kier molecular flexibility index (Phi) is 9.37. The number of hydrogen-bond donors (Lipinski definition) is 3. The van der Waals surface area contributed by atoms with Gasteiger partial charge in [0.15, 0.2) is 0 Å². The van der Waals surface area contributed by atoms with Crippen molar-refractivity contribution in [3.05, 3.63) is 28.8 Å². The summed E-state index contributed by atoms with van der Waals surface area (Å²) in [6, 6.07) is 3.48. The standard InChI is InChI=1S/C19H32N2O2/c1-3-5-7-9-11-15-16(12-10-8-6-4-2)18(21-23)14-13-17(15)19(20)22/h13-14,21,23H,3-12H2,1-2H3,(H2,20,22). The van der Waals surface area contributed by atoms with Gasteiger partial charge in [-0.15, -0.1) is 0 Å². The van der Waals surface area contributed by atoms with Gasteiger partial charge in [0.05, 0.1) is 5.69 Å². The van der Waals surface area contributed by atoms with E-state index in [-0.39, 0.29) is 5.91 Å². The molecule has 0 spiro atoms. The van der Waals surface area contributed by atoms with Crippen LogP contribution in [-0.2, 0) is 12.8 Å². The van der Waals surface area contributed by atoms with Gasteiger partial charge in [-0.2, -0.15) is 0 Å². The molecule has 1 aromatic carbocycles. The second-order valence-electron chi connectivity index (χ2n) is 6.22. The number of nitrogens with two attached hydrogens (primary N) is 1. The van der Waals surface area contributed by atoms with Gasteiger partial charge in [-0.3, -0.25) is 15.5 Å². The van der Waals surface area contributed by atoms with Crippen LogP contribution in [0.5, 0.6) is 0 Å². The van der Waals surface area contributed by atoms with Crippen molar-refractivity contribution in [3.8, 4) is 0 Å². The molecule has 1 amide bonds. The minimum atomic E-state index is -0.380. The van der Waals surface area contributed by atoms with E-state index in [4.69, 9.17) is 5.73 Å². The number of anilines is 1. The SMILES string of the molecule is CCCCCCc1c(NO)ccc(C(N)=O)c1CCCCCC. The van der Waals surface area contributed by atoms with Gasteiger partial charge in [0.2, 0.25) is 5.91 Å². The molecule has 0 bridgehead atoms. The Morgan fingerprint density at radius 2 is 1.52 bits per heavy atom. The largest absolute Gasteiger partial charge is 0.366 e. The van der Waals surface area contributed by atoms with Gasteiger partial charge in [0.1, 0.15) is 0 Å². The summed E-state index contributed by atoms with van der Waals surface area (Å²) < 4.78 is 0. The first-order valence-electron chi connectivity index (χ1n) is 9.00. The first-order valence-corrected chi connectivity index (χ1v) is 9.00. The highest BCUT2D eigenvalue weighted by atomic mass is 16.5. The van der Waals surface area contributed by atoms with Gasteiger partial charge >= 0.3 is 0 Å². The molecule has 4 nitrogen and oxygen atoms in total. The molecule has 0 saturated carbocycles. The van der Waals surface area contributed by atoms with Crippen LogP contribution in [0.15, 0.2) is 12.1 Å². The average molecular weight is 320 g/mol. The second-order valence-corrected chi connectivity index (χ2v) is 6.22. The lowest BCUT2D eigenvalue weighted by Gasteiger charge is -2.17. The Balaban J connectivity index is 2.98. The number of nitrogens with one attached hydrogen (secondary N) is 1. The molecule has 0 radical (unpaired) electrons. The van der Waals surface area contributed by atoms with Crippen molar-refractivity contribution in [1.82, 2.24) is 0 Å². The lowest BCUT2D eigenvalue weighted by Crippen LogP contribution is -2.16. The number of carbonyl (C=O) groups is 1. The molecule has 0 aliphatic carbocycles. The van der Waals surface area contributed by atoms with Crippen LogP contribution in [0.3, 0.4) is 0 Å². The molecule has 0 aliphatic heterocycles. The zero-order valence-corrected chi connectivity index (χ0v) is 14.7. The summed E-state index contributed by atoms with van der Waals surface area (Å²) in [5.74, 6) is -0.380. The first kappa shape index (κ1) is 19.5. The Bertz CT molecular complexity index is 487. The molecule has 0 saturated heterocycles. The molecular formula is C19H32N2O2. The number of carbonyl (C=O) groups excluding carboxylic acids is 1. The van der Waals surface area contributed by atoms with E-state index >= 15 is 0 Å².